The maximum atomic E-state index is 14.2. The maximum Gasteiger partial charge on any atom is 0.266 e. The summed E-state index contributed by atoms with van der Waals surface area (Å²) in [5, 5.41) is 1.48. The van der Waals surface area contributed by atoms with Crippen molar-refractivity contribution in [2.75, 3.05) is 26.1 Å². The van der Waals surface area contributed by atoms with Gasteiger partial charge in [-0.05, 0) is 55.4 Å². The molecule has 1 fully saturated rings. The predicted octanol–water partition coefficient (Wildman–Crippen LogP) is 7.70. The minimum absolute atomic E-state index is 0.00715. The summed E-state index contributed by atoms with van der Waals surface area (Å²) in [4.78, 5) is 27.7. The van der Waals surface area contributed by atoms with Gasteiger partial charge in [0.05, 0.1) is 12.1 Å². The first kappa shape index (κ1) is 27.4. The smallest absolute Gasteiger partial charge is 0.266 e. The molecule has 0 radical (unpaired) electrons. The summed E-state index contributed by atoms with van der Waals surface area (Å²) in [6, 6.07) is 14.2. The summed E-state index contributed by atoms with van der Waals surface area (Å²) in [5.74, 6) is 2.14. The summed E-state index contributed by atoms with van der Waals surface area (Å²) >= 11 is 8.28. The van der Waals surface area contributed by atoms with E-state index >= 15 is 0 Å². The van der Waals surface area contributed by atoms with E-state index in [2.05, 4.69) is 23.0 Å². The number of hydrogen-bond donors (Lipinski definition) is 0. The average molecular weight is 563 g/mol. The number of thiophene rings is 1. The quantitative estimate of drug-likeness (QED) is 0.220. The van der Waals surface area contributed by atoms with Crippen molar-refractivity contribution in [2.24, 2.45) is 5.92 Å². The van der Waals surface area contributed by atoms with E-state index in [0.717, 1.165) is 64.1 Å². The van der Waals surface area contributed by atoms with Crippen molar-refractivity contribution in [3.05, 3.63) is 70.3 Å². The largest absolute Gasteiger partial charge is 0.496 e. The van der Waals surface area contributed by atoms with E-state index < -0.39 is 0 Å². The summed E-state index contributed by atoms with van der Waals surface area (Å²) < 4.78 is 6.80. The molecule has 0 bridgehead atoms. The molecule has 2 aromatic heterocycles. The highest BCUT2D eigenvalue weighted by Gasteiger charge is 2.32. The average Bonchev–Trinajstić information content (AvgIpc) is 3.32. The Morgan fingerprint density at radius 1 is 1.05 bits per heavy atom. The van der Waals surface area contributed by atoms with Crippen molar-refractivity contribution in [3.8, 4) is 16.9 Å². The third-order valence-electron chi connectivity index (χ3n) is 7.82. The molecule has 39 heavy (non-hydrogen) atoms. The predicted molar refractivity (Wildman–Crippen MR) is 161 cm³/mol. The summed E-state index contributed by atoms with van der Waals surface area (Å²) in [5.41, 5.74) is 2.85. The van der Waals surface area contributed by atoms with Gasteiger partial charge in [-0.2, -0.15) is 0 Å². The van der Waals surface area contributed by atoms with Gasteiger partial charge in [0, 0.05) is 60.3 Å². The second kappa shape index (κ2) is 11.9. The number of fused-ring (bicyclic) bond motifs is 1. The van der Waals surface area contributed by atoms with Gasteiger partial charge in [-0.1, -0.05) is 49.2 Å². The first-order valence-electron chi connectivity index (χ1n) is 13.5. The minimum Gasteiger partial charge on any atom is -0.496 e. The number of halogens is 1. The number of anilines is 1. The molecule has 0 unspecified atom stereocenters. The van der Waals surface area contributed by atoms with Gasteiger partial charge in [-0.3, -0.25) is 4.79 Å². The zero-order valence-corrected chi connectivity index (χ0v) is 24.6. The highest BCUT2D eigenvalue weighted by atomic mass is 35.5. The third-order valence-corrected chi connectivity index (χ3v) is 9.48. The van der Waals surface area contributed by atoms with Crippen LogP contribution in [0.5, 0.6) is 5.75 Å². The fourth-order valence-corrected chi connectivity index (χ4v) is 6.95. The van der Waals surface area contributed by atoms with E-state index in [9.17, 15) is 4.79 Å². The summed E-state index contributed by atoms with van der Waals surface area (Å²) in [6.45, 7) is 2.70. The number of benzene rings is 2. The maximum absolute atomic E-state index is 14.2. The number of hydrogen-bond acceptors (Lipinski definition) is 6. The van der Waals surface area contributed by atoms with Crippen molar-refractivity contribution in [3.63, 3.8) is 0 Å². The Hall–Kier alpha value is -3.16. The topological polar surface area (TPSA) is 58.6 Å². The Bertz CT molecular complexity index is 1450. The summed E-state index contributed by atoms with van der Waals surface area (Å²) in [6.07, 6.45) is 9.12. The lowest BCUT2D eigenvalue weighted by Crippen LogP contribution is -2.41. The first-order chi connectivity index (χ1) is 18.9. The highest BCUT2D eigenvalue weighted by Crippen LogP contribution is 2.39. The Morgan fingerprint density at radius 2 is 1.77 bits per heavy atom. The molecule has 0 N–H and O–H groups in total. The number of amides is 1. The van der Waals surface area contributed by atoms with Crippen LogP contribution in [-0.4, -0.2) is 48.0 Å². The Morgan fingerprint density at radius 3 is 2.41 bits per heavy atom. The zero-order valence-electron chi connectivity index (χ0n) is 23.0. The second-order valence-electron chi connectivity index (χ2n) is 10.4. The number of methoxy groups -OCH3 is 1. The molecule has 1 amide bonds. The highest BCUT2D eigenvalue weighted by molar-refractivity contribution is 7.21. The van der Waals surface area contributed by atoms with E-state index in [1.165, 1.54) is 17.8 Å². The van der Waals surface area contributed by atoms with Crippen LogP contribution in [-0.2, 0) is 6.54 Å². The first-order valence-corrected chi connectivity index (χ1v) is 14.7. The van der Waals surface area contributed by atoms with Gasteiger partial charge in [-0.25, -0.2) is 9.97 Å². The molecule has 1 aliphatic rings. The molecular formula is C31H35ClN4O2S. The van der Waals surface area contributed by atoms with E-state index in [-0.39, 0.29) is 11.9 Å². The molecule has 2 aromatic carbocycles. The van der Waals surface area contributed by atoms with Crippen molar-refractivity contribution in [1.82, 2.24) is 14.9 Å². The van der Waals surface area contributed by atoms with Gasteiger partial charge in [0.15, 0.2) is 0 Å². The van der Waals surface area contributed by atoms with E-state index in [4.69, 9.17) is 16.3 Å². The molecule has 4 aromatic rings. The number of carbonyl (C=O) groups is 1. The molecule has 0 spiro atoms. The molecule has 2 heterocycles. The normalized spacial score (nSPS) is 17.3. The molecule has 204 valence electrons. The van der Waals surface area contributed by atoms with Gasteiger partial charge in [-0.15, -0.1) is 11.3 Å². The van der Waals surface area contributed by atoms with Gasteiger partial charge < -0.3 is 14.5 Å². The van der Waals surface area contributed by atoms with Crippen LogP contribution in [0.25, 0.3) is 21.2 Å². The minimum atomic E-state index is -0.00715. The van der Waals surface area contributed by atoms with Gasteiger partial charge in [0.25, 0.3) is 5.91 Å². The molecule has 1 aliphatic carbocycles. The van der Waals surface area contributed by atoms with Crippen LogP contribution in [0.4, 0.5) is 5.95 Å². The molecule has 0 aliphatic heterocycles. The van der Waals surface area contributed by atoms with Gasteiger partial charge in [0.2, 0.25) is 5.95 Å². The fraction of sp³-hybridized carbons (Fsp3) is 0.387. The molecule has 0 saturated heterocycles. The SMILES string of the molecule is CC[C@H]1CC[C@H](N(Cc2cc(-c3cnc(N(C)C)nc3)ccc2OC)C(=O)c2sc3ccccc3c2Cl)CC1. The van der Waals surface area contributed by atoms with Crippen LogP contribution in [0, 0.1) is 5.92 Å². The van der Waals surface area contributed by atoms with Crippen molar-refractivity contribution < 1.29 is 9.53 Å². The van der Waals surface area contributed by atoms with Crippen LogP contribution < -0.4 is 9.64 Å². The number of nitrogens with zero attached hydrogens (tertiary/aromatic N) is 4. The zero-order chi connectivity index (χ0) is 27.5. The van der Waals surface area contributed by atoms with Gasteiger partial charge >= 0.3 is 0 Å². The van der Waals surface area contributed by atoms with Crippen molar-refractivity contribution in [2.45, 2.75) is 51.6 Å². The standard InChI is InChI=1S/C31H35ClN4O2S/c1-5-20-10-13-24(14-11-20)36(30(37)29-28(32)25-8-6-7-9-27(25)39-29)19-22-16-21(12-15-26(22)38-4)23-17-33-31(34-18-23)35(2)3/h6-9,12,15-18,20,24H,5,10-11,13-14,19H2,1-4H3/t20-,24-. The van der Waals surface area contributed by atoms with Gasteiger partial charge in [0.1, 0.15) is 10.6 Å². The Balaban J connectivity index is 1.51. The second-order valence-corrected chi connectivity index (χ2v) is 11.9. The third kappa shape index (κ3) is 5.75. The molecule has 6 nitrogen and oxygen atoms in total. The summed E-state index contributed by atoms with van der Waals surface area (Å²) in [7, 11) is 5.51. The molecule has 1 saturated carbocycles. The molecular weight excluding hydrogens is 528 g/mol. The van der Waals surface area contributed by atoms with Crippen LogP contribution in [0.15, 0.2) is 54.9 Å². The Kier molecular flexibility index (Phi) is 8.38. The van der Waals surface area contributed by atoms with Crippen LogP contribution in [0.3, 0.4) is 0 Å². The number of rotatable bonds is 8. The lowest BCUT2D eigenvalue weighted by atomic mass is 9.83. The van der Waals surface area contributed by atoms with Crippen LogP contribution >= 0.6 is 22.9 Å². The van der Waals surface area contributed by atoms with E-state index in [1.54, 1.807) is 7.11 Å². The lowest BCUT2D eigenvalue weighted by molar-refractivity contribution is 0.0591. The lowest BCUT2D eigenvalue weighted by Gasteiger charge is -2.37. The van der Waals surface area contributed by atoms with E-state index in [0.29, 0.717) is 22.4 Å². The van der Waals surface area contributed by atoms with E-state index in [1.807, 2.05) is 72.7 Å². The van der Waals surface area contributed by atoms with Crippen LogP contribution in [0.2, 0.25) is 5.02 Å². The number of ether oxygens (including phenoxy) is 1. The monoisotopic (exact) mass is 562 g/mol. The Labute approximate surface area is 239 Å². The number of aromatic nitrogens is 2. The van der Waals surface area contributed by atoms with Crippen molar-refractivity contribution in [1.29, 1.82) is 0 Å². The van der Waals surface area contributed by atoms with Crippen LogP contribution in [0.1, 0.15) is 54.3 Å². The fourth-order valence-electron chi connectivity index (χ4n) is 5.48. The molecule has 0 atom stereocenters. The number of carbonyl (C=O) groups excluding carboxylic acids is 1. The molecule has 5 rings (SSSR count). The molecule has 8 heteroatoms. The van der Waals surface area contributed by atoms with Crippen molar-refractivity contribution >= 4 is 44.9 Å².